The minimum atomic E-state index is -0.695. The molecular formula is C25H25N3O4S. The van der Waals surface area contributed by atoms with E-state index >= 15 is 0 Å². The first-order valence-corrected chi connectivity index (χ1v) is 11.4. The summed E-state index contributed by atoms with van der Waals surface area (Å²) in [5, 5.41) is 9.74. The predicted molar refractivity (Wildman–Crippen MR) is 129 cm³/mol. The maximum absolute atomic E-state index is 13.5. The fourth-order valence-electron chi connectivity index (χ4n) is 3.78. The topological polar surface area (TPSA) is 84.1 Å². The van der Waals surface area contributed by atoms with Crippen molar-refractivity contribution in [1.82, 2.24) is 4.57 Å². The maximum atomic E-state index is 13.5. The number of phenolic OH excluding ortho intramolecular Hbond substituents is 1. The van der Waals surface area contributed by atoms with Gasteiger partial charge in [-0.15, -0.1) is 0 Å². The van der Waals surface area contributed by atoms with Crippen molar-refractivity contribution in [2.45, 2.75) is 19.9 Å². The van der Waals surface area contributed by atoms with Crippen LogP contribution < -0.4 is 19.8 Å². The van der Waals surface area contributed by atoms with Gasteiger partial charge in [0, 0.05) is 19.8 Å². The van der Waals surface area contributed by atoms with Gasteiger partial charge in [0.2, 0.25) is 0 Å². The van der Waals surface area contributed by atoms with Crippen LogP contribution in [-0.4, -0.2) is 36.3 Å². The second kappa shape index (κ2) is 9.07. The zero-order valence-electron chi connectivity index (χ0n) is 18.9. The Balaban J connectivity index is 1.90. The Morgan fingerprint density at radius 2 is 1.85 bits per heavy atom. The molecular weight excluding hydrogens is 438 g/mol. The second-order valence-corrected chi connectivity index (χ2v) is 8.89. The number of hydrogen-bond donors (Lipinski definition) is 1. The lowest BCUT2D eigenvalue weighted by atomic mass is 9.96. The normalized spacial score (nSPS) is 15.8. The van der Waals surface area contributed by atoms with Crippen LogP contribution in [0.2, 0.25) is 0 Å². The molecule has 1 aliphatic rings. The molecule has 1 aliphatic heterocycles. The standard InChI is InChI=1S/C25H25N3O4S/c1-5-32-24(31)21-15(2)26-25-28(22(21)17-8-12-19(29)13-9-17)23(30)20(33-25)14-16-6-10-18(11-7-16)27(3)4/h6-14,22,29H,5H2,1-4H3/b20-14-/t22-/m0/s1. The fraction of sp³-hybridized carbons (Fsp3) is 0.240. The van der Waals surface area contributed by atoms with Crippen LogP contribution in [0, 0.1) is 0 Å². The summed E-state index contributed by atoms with van der Waals surface area (Å²) in [6, 6.07) is 13.7. The fourth-order valence-corrected chi connectivity index (χ4v) is 4.83. The first-order valence-electron chi connectivity index (χ1n) is 10.6. The molecule has 0 fully saturated rings. The summed E-state index contributed by atoms with van der Waals surface area (Å²) in [6.45, 7) is 3.70. The van der Waals surface area contributed by atoms with Gasteiger partial charge in [-0.3, -0.25) is 9.36 Å². The Kier molecular flexibility index (Phi) is 6.20. The third-order valence-corrected chi connectivity index (χ3v) is 6.42. The molecule has 2 heterocycles. The van der Waals surface area contributed by atoms with Crippen LogP contribution in [0.3, 0.4) is 0 Å². The van der Waals surface area contributed by atoms with Gasteiger partial charge in [-0.25, -0.2) is 9.79 Å². The average molecular weight is 464 g/mol. The number of benzene rings is 2. The van der Waals surface area contributed by atoms with Crippen LogP contribution in [0.5, 0.6) is 5.75 Å². The van der Waals surface area contributed by atoms with E-state index in [4.69, 9.17) is 4.74 Å². The lowest BCUT2D eigenvalue weighted by Crippen LogP contribution is -2.39. The minimum Gasteiger partial charge on any atom is -0.508 e. The summed E-state index contributed by atoms with van der Waals surface area (Å²) in [7, 11) is 3.94. The van der Waals surface area contributed by atoms with Crippen LogP contribution in [-0.2, 0) is 9.53 Å². The lowest BCUT2D eigenvalue weighted by Gasteiger charge is -2.24. The van der Waals surface area contributed by atoms with Crippen LogP contribution in [0.25, 0.3) is 6.08 Å². The molecule has 0 amide bonds. The van der Waals surface area contributed by atoms with E-state index in [1.165, 1.54) is 28.0 Å². The minimum absolute atomic E-state index is 0.103. The van der Waals surface area contributed by atoms with E-state index < -0.39 is 12.0 Å². The number of phenols is 1. The number of anilines is 1. The SMILES string of the molecule is CCOC(=O)C1=C(C)N=c2s/c(=C\c3ccc(N(C)C)cc3)c(=O)n2[C@H]1c1ccc(O)cc1. The van der Waals surface area contributed by atoms with Crippen molar-refractivity contribution in [3.05, 3.63) is 90.6 Å². The third-order valence-electron chi connectivity index (χ3n) is 5.43. The summed E-state index contributed by atoms with van der Waals surface area (Å²) in [5.74, 6) is -0.406. The van der Waals surface area contributed by atoms with Crippen molar-refractivity contribution >= 4 is 29.1 Å². The number of aromatic nitrogens is 1. The van der Waals surface area contributed by atoms with Crippen LogP contribution in [0.4, 0.5) is 5.69 Å². The molecule has 8 heteroatoms. The van der Waals surface area contributed by atoms with E-state index in [2.05, 4.69) is 4.99 Å². The Morgan fingerprint density at radius 1 is 1.18 bits per heavy atom. The molecule has 3 aromatic rings. The number of rotatable bonds is 5. The first-order chi connectivity index (χ1) is 15.8. The van der Waals surface area contributed by atoms with E-state index in [0.29, 0.717) is 26.2 Å². The first kappa shape index (κ1) is 22.5. The molecule has 4 rings (SSSR count). The monoisotopic (exact) mass is 463 g/mol. The number of esters is 1. The number of aromatic hydroxyl groups is 1. The highest BCUT2D eigenvalue weighted by Crippen LogP contribution is 2.31. The Hall–Kier alpha value is -3.65. The zero-order valence-corrected chi connectivity index (χ0v) is 19.7. The lowest BCUT2D eigenvalue weighted by molar-refractivity contribution is -0.139. The average Bonchev–Trinajstić information content (AvgIpc) is 3.08. The molecule has 1 N–H and O–H groups in total. The maximum Gasteiger partial charge on any atom is 0.338 e. The number of nitrogens with zero attached hydrogens (tertiary/aromatic N) is 3. The quantitative estimate of drug-likeness (QED) is 0.588. The largest absolute Gasteiger partial charge is 0.508 e. The number of ether oxygens (including phenoxy) is 1. The highest BCUT2D eigenvalue weighted by atomic mass is 32.1. The number of carbonyl (C=O) groups is 1. The number of thiazole rings is 1. The summed E-state index contributed by atoms with van der Waals surface area (Å²) in [4.78, 5) is 33.5. The predicted octanol–water partition coefficient (Wildman–Crippen LogP) is 2.57. The van der Waals surface area contributed by atoms with Gasteiger partial charge >= 0.3 is 5.97 Å². The Morgan fingerprint density at radius 3 is 2.45 bits per heavy atom. The summed E-state index contributed by atoms with van der Waals surface area (Å²) in [6.07, 6.45) is 1.83. The van der Waals surface area contributed by atoms with Crippen LogP contribution in [0.15, 0.2) is 69.6 Å². The van der Waals surface area contributed by atoms with Gasteiger partial charge in [-0.05, 0) is 55.3 Å². The van der Waals surface area contributed by atoms with Crippen molar-refractivity contribution in [1.29, 1.82) is 0 Å². The van der Waals surface area contributed by atoms with Crippen LogP contribution >= 0.6 is 11.3 Å². The van der Waals surface area contributed by atoms with Crippen molar-refractivity contribution in [3.63, 3.8) is 0 Å². The Bertz CT molecular complexity index is 1400. The molecule has 0 aliphatic carbocycles. The molecule has 0 saturated carbocycles. The number of fused-ring (bicyclic) bond motifs is 1. The molecule has 0 radical (unpaired) electrons. The molecule has 0 unspecified atom stereocenters. The molecule has 0 bridgehead atoms. The van der Waals surface area contributed by atoms with Gasteiger partial charge < -0.3 is 14.7 Å². The molecule has 2 aromatic carbocycles. The van der Waals surface area contributed by atoms with Gasteiger partial charge in [0.15, 0.2) is 4.80 Å². The highest BCUT2D eigenvalue weighted by molar-refractivity contribution is 7.07. The van der Waals surface area contributed by atoms with Crippen molar-refractivity contribution in [2.24, 2.45) is 4.99 Å². The number of allylic oxidation sites excluding steroid dienone is 1. The molecule has 33 heavy (non-hydrogen) atoms. The highest BCUT2D eigenvalue weighted by Gasteiger charge is 2.33. The van der Waals surface area contributed by atoms with Gasteiger partial charge in [-0.2, -0.15) is 0 Å². The van der Waals surface area contributed by atoms with Crippen molar-refractivity contribution in [3.8, 4) is 5.75 Å². The molecule has 170 valence electrons. The van der Waals surface area contributed by atoms with Crippen molar-refractivity contribution in [2.75, 3.05) is 25.6 Å². The van der Waals surface area contributed by atoms with Crippen LogP contribution in [0.1, 0.15) is 31.0 Å². The van der Waals surface area contributed by atoms with Gasteiger partial charge in [0.05, 0.1) is 28.5 Å². The molecule has 1 atom stereocenters. The summed E-state index contributed by atoms with van der Waals surface area (Å²) >= 11 is 1.28. The van der Waals surface area contributed by atoms with Gasteiger partial charge in [0.1, 0.15) is 5.75 Å². The van der Waals surface area contributed by atoms with E-state index in [0.717, 1.165) is 11.3 Å². The van der Waals surface area contributed by atoms with E-state index in [1.807, 2.05) is 49.3 Å². The van der Waals surface area contributed by atoms with E-state index in [1.54, 1.807) is 26.0 Å². The smallest absolute Gasteiger partial charge is 0.338 e. The third kappa shape index (κ3) is 4.34. The van der Waals surface area contributed by atoms with E-state index in [9.17, 15) is 14.7 Å². The summed E-state index contributed by atoms with van der Waals surface area (Å²) < 4.78 is 7.34. The van der Waals surface area contributed by atoms with Crippen molar-refractivity contribution < 1.29 is 14.6 Å². The van der Waals surface area contributed by atoms with E-state index in [-0.39, 0.29) is 17.9 Å². The van der Waals surface area contributed by atoms with Gasteiger partial charge in [-0.1, -0.05) is 35.6 Å². The second-order valence-electron chi connectivity index (χ2n) is 7.88. The summed E-state index contributed by atoms with van der Waals surface area (Å²) in [5.41, 5.74) is 3.24. The number of carbonyl (C=O) groups excluding carboxylic acids is 1. The molecule has 0 saturated heterocycles. The molecule has 7 nitrogen and oxygen atoms in total. The van der Waals surface area contributed by atoms with Gasteiger partial charge in [0.25, 0.3) is 5.56 Å². The zero-order chi connectivity index (χ0) is 23.7. The molecule has 1 aromatic heterocycles. The number of hydrogen-bond acceptors (Lipinski definition) is 7. The molecule has 0 spiro atoms. The Labute approximate surface area is 195 Å².